The maximum absolute atomic E-state index is 12.4. The van der Waals surface area contributed by atoms with Gasteiger partial charge >= 0.3 is 6.29 Å². The maximum atomic E-state index is 12.4. The van der Waals surface area contributed by atoms with Crippen molar-refractivity contribution in [2.24, 2.45) is 5.41 Å². The van der Waals surface area contributed by atoms with E-state index in [9.17, 15) is 4.79 Å². The van der Waals surface area contributed by atoms with E-state index >= 15 is 0 Å². The van der Waals surface area contributed by atoms with Crippen LogP contribution in [-0.2, 0) is 4.79 Å². The van der Waals surface area contributed by atoms with Gasteiger partial charge in [0.25, 0.3) is 0 Å². The summed E-state index contributed by atoms with van der Waals surface area (Å²) in [6, 6.07) is 6.67. The van der Waals surface area contributed by atoms with Gasteiger partial charge in [-0.05, 0) is 24.3 Å². The van der Waals surface area contributed by atoms with Crippen molar-refractivity contribution in [3.8, 4) is 5.75 Å². The van der Waals surface area contributed by atoms with Gasteiger partial charge in [0.05, 0.1) is 0 Å². The number of benzene rings is 1. The molecule has 1 atom stereocenters. The van der Waals surface area contributed by atoms with Crippen LogP contribution in [0.15, 0.2) is 36.9 Å². The molecule has 112 valence electrons. The normalized spacial score (nSPS) is 12.8. The Morgan fingerprint density at radius 1 is 1.29 bits per heavy atom. The van der Waals surface area contributed by atoms with E-state index in [0.717, 1.165) is 4.85 Å². The Balaban J connectivity index is 2.18. The Morgan fingerprint density at radius 2 is 1.95 bits per heavy atom. The Kier molecular flexibility index (Phi) is 4.47. The molecule has 2 aromatic rings. The van der Waals surface area contributed by atoms with Crippen molar-refractivity contribution >= 4 is 17.4 Å². The Labute approximate surface area is 127 Å². The highest BCUT2D eigenvalue weighted by Crippen LogP contribution is 2.21. The van der Waals surface area contributed by atoms with Gasteiger partial charge in [-0.2, -0.15) is 0 Å². The van der Waals surface area contributed by atoms with Crippen LogP contribution < -0.4 is 9.57 Å². The molecule has 6 nitrogen and oxygen atoms in total. The average Bonchev–Trinajstić information content (AvgIpc) is 2.91. The van der Waals surface area contributed by atoms with Gasteiger partial charge in [0.2, 0.25) is 5.78 Å². The molecule has 1 unspecified atom stereocenters. The molecule has 1 heterocycles. The molecule has 0 saturated carbocycles. The first-order valence-electron chi connectivity index (χ1n) is 6.34. The lowest BCUT2D eigenvalue weighted by molar-refractivity contribution is -0.162. The number of Topliss-reactive ketones (excluding diaryl/α,β-unsaturated/α-hetero) is 1. The van der Waals surface area contributed by atoms with Gasteiger partial charge in [0.1, 0.15) is 12.1 Å². The number of carbonyl (C=O) groups is 1. The molecule has 21 heavy (non-hydrogen) atoms. The second-order valence-corrected chi connectivity index (χ2v) is 5.86. The minimum atomic E-state index is -1.13. The van der Waals surface area contributed by atoms with Crippen LogP contribution in [0, 0.1) is 5.41 Å². The van der Waals surface area contributed by atoms with Crippen molar-refractivity contribution in [3.05, 3.63) is 41.9 Å². The first kappa shape index (κ1) is 15.3. The van der Waals surface area contributed by atoms with E-state index in [1.54, 1.807) is 45.0 Å². The van der Waals surface area contributed by atoms with Gasteiger partial charge in [-0.15, -0.1) is 5.10 Å². The van der Waals surface area contributed by atoms with Gasteiger partial charge in [0.15, 0.2) is 6.33 Å². The molecule has 0 aliphatic heterocycles. The van der Waals surface area contributed by atoms with E-state index in [-0.39, 0.29) is 5.78 Å². The number of ketones is 1. The number of nitrogens with zero attached hydrogens (tertiary/aromatic N) is 3. The monoisotopic (exact) mass is 309 g/mol. The Hall–Kier alpha value is -2.08. The van der Waals surface area contributed by atoms with E-state index < -0.39 is 11.7 Å². The summed E-state index contributed by atoms with van der Waals surface area (Å²) in [6.45, 7) is 5.37. The van der Waals surface area contributed by atoms with Crippen LogP contribution in [0.4, 0.5) is 0 Å². The van der Waals surface area contributed by atoms with Crippen LogP contribution >= 0.6 is 11.6 Å². The quantitative estimate of drug-likeness (QED) is 0.793. The van der Waals surface area contributed by atoms with Crippen LogP contribution in [0.2, 0.25) is 5.02 Å². The minimum absolute atomic E-state index is 0.215. The number of hydrogen-bond acceptors (Lipinski definition) is 5. The van der Waals surface area contributed by atoms with Gasteiger partial charge in [0, 0.05) is 10.4 Å². The molecule has 2 rings (SSSR count). The van der Waals surface area contributed by atoms with Gasteiger partial charge < -0.3 is 9.57 Å². The number of aromatic nitrogens is 3. The summed E-state index contributed by atoms with van der Waals surface area (Å²) in [5.74, 6) is 0.259. The van der Waals surface area contributed by atoms with Crippen LogP contribution in [0.5, 0.6) is 5.75 Å². The number of rotatable bonds is 5. The topological polar surface area (TPSA) is 66.2 Å². The van der Waals surface area contributed by atoms with E-state index in [1.165, 1.54) is 12.7 Å². The third-order valence-corrected chi connectivity index (χ3v) is 2.86. The molecule has 0 fully saturated rings. The van der Waals surface area contributed by atoms with Gasteiger partial charge in [-0.3, -0.25) is 4.79 Å². The second-order valence-electron chi connectivity index (χ2n) is 5.42. The van der Waals surface area contributed by atoms with Crippen molar-refractivity contribution in [3.63, 3.8) is 0 Å². The third kappa shape index (κ3) is 4.19. The average molecular weight is 310 g/mol. The Bertz CT molecular complexity index is 591. The molecule has 1 aromatic heterocycles. The van der Waals surface area contributed by atoms with Crippen LogP contribution in [-0.4, -0.2) is 27.0 Å². The molecule has 0 saturated heterocycles. The molecule has 0 bridgehead atoms. The number of ether oxygens (including phenoxy) is 1. The lowest BCUT2D eigenvalue weighted by Crippen LogP contribution is -2.44. The van der Waals surface area contributed by atoms with E-state index in [2.05, 4.69) is 10.1 Å². The standard InChI is InChI=1S/C14H16ClN3O3/c1-14(2,3)12(19)13(21-18-9-16-8-17-18)20-11-6-4-10(15)5-7-11/h4-9,13H,1-3H3. The fourth-order valence-electron chi connectivity index (χ4n) is 1.46. The first-order valence-corrected chi connectivity index (χ1v) is 6.72. The smallest absolute Gasteiger partial charge is 0.325 e. The highest BCUT2D eigenvalue weighted by atomic mass is 35.5. The predicted molar refractivity (Wildman–Crippen MR) is 76.9 cm³/mol. The van der Waals surface area contributed by atoms with Crippen molar-refractivity contribution in [1.82, 2.24) is 14.9 Å². The fourth-order valence-corrected chi connectivity index (χ4v) is 1.59. The summed E-state index contributed by atoms with van der Waals surface area (Å²) in [4.78, 5) is 22.7. The summed E-state index contributed by atoms with van der Waals surface area (Å²) in [6.07, 6.45) is 1.52. The number of halogens is 1. The van der Waals surface area contributed by atoms with Crippen LogP contribution in [0.25, 0.3) is 0 Å². The zero-order valence-corrected chi connectivity index (χ0v) is 12.7. The van der Waals surface area contributed by atoms with E-state index in [4.69, 9.17) is 21.2 Å². The molecule has 0 aliphatic carbocycles. The fraction of sp³-hybridized carbons (Fsp3) is 0.357. The molecular formula is C14H16ClN3O3. The van der Waals surface area contributed by atoms with Crippen molar-refractivity contribution < 1.29 is 14.4 Å². The summed E-state index contributed by atoms with van der Waals surface area (Å²) in [5, 5.41) is 4.39. The SMILES string of the molecule is CC(C)(C)C(=O)C(Oc1ccc(Cl)cc1)On1cncn1. The van der Waals surface area contributed by atoms with Crippen LogP contribution in [0.1, 0.15) is 20.8 Å². The van der Waals surface area contributed by atoms with Crippen molar-refractivity contribution in [1.29, 1.82) is 0 Å². The second kappa shape index (κ2) is 6.13. The molecule has 0 radical (unpaired) electrons. The molecule has 0 aliphatic rings. The summed E-state index contributed by atoms with van der Waals surface area (Å²) >= 11 is 5.82. The lowest BCUT2D eigenvalue weighted by atomic mass is 9.90. The molecule has 1 aromatic carbocycles. The molecule has 0 spiro atoms. The molecule has 7 heteroatoms. The van der Waals surface area contributed by atoms with Crippen molar-refractivity contribution in [2.75, 3.05) is 0 Å². The van der Waals surface area contributed by atoms with E-state index in [1.807, 2.05) is 0 Å². The minimum Gasteiger partial charge on any atom is -0.446 e. The summed E-state index contributed by atoms with van der Waals surface area (Å²) in [7, 11) is 0. The van der Waals surface area contributed by atoms with Gasteiger partial charge in [-0.1, -0.05) is 37.2 Å². The first-order chi connectivity index (χ1) is 9.86. The molecular weight excluding hydrogens is 294 g/mol. The van der Waals surface area contributed by atoms with Crippen LogP contribution in [0.3, 0.4) is 0 Å². The summed E-state index contributed by atoms with van der Waals surface area (Å²) in [5.41, 5.74) is -0.627. The zero-order valence-electron chi connectivity index (χ0n) is 12.0. The Morgan fingerprint density at radius 3 is 2.48 bits per heavy atom. The highest BCUT2D eigenvalue weighted by Gasteiger charge is 2.34. The third-order valence-electron chi connectivity index (χ3n) is 2.61. The lowest BCUT2D eigenvalue weighted by Gasteiger charge is -2.24. The van der Waals surface area contributed by atoms with Crippen molar-refractivity contribution in [2.45, 2.75) is 27.1 Å². The number of carbonyl (C=O) groups excluding carboxylic acids is 1. The molecule has 0 amide bonds. The molecule has 0 N–H and O–H groups in total. The number of hydrogen-bond donors (Lipinski definition) is 0. The van der Waals surface area contributed by atoms with E-state index in [0.29, 0.717) is 10.8 Å². The summed E-state index contributed by atoms with van der Waals surface area (Å²) < 4.78 is 5.61. The maximum Gasteiger partial charge on any atom is 0.325 e. The van der Waals surface area contributed by atoms with Gasteiger partial charge in [-0.25, -0.2) is 4.98 Å². The predicted octanol–water partition coefficient (Wildman–Crippen LogP) is 2.38. The highest BCUT2D eigenvalue weighted by molar-refractivity contribution is 6.30. The largest absolute Gasteiger partial charge is 0.446 e. The zero-order chi connectivity index (χ0) is 15.5.